The van der Waals surface area contributed by atoms with E-state index in [4.69, 9.17) is 4.98 Å². The molecular weight excluding hydrogens is 912 g/mol. The van der Waals surface area contributed by atoms with Crippen LogP contribution in [0.25, 0.3) is 55.5 Å². The number of hydrogen-bond donors (Lipinski definition) is 0. The number of benzene rings is 7. The van der Waals surface area contributed by atoms with Gasteiger partial charge < -0.3 is 4.57 Å². The van der Waals surface area contributed by atoms with Gasteiger partial charge in [-0.2, -0.15) is 30.3 Å². The Labute approximate surface area is 366 Å². The summed E-state index contributed by atoms with van der Waals surface area (Å²) >= 11 is 0. The molecule has 0 amide bonds. The van der Waals surface area contributed by atoms with Crippen molar-refractivity contribution in [3.63, 3.8) is 0 Å². The van der Waals surface area contributed by atoms with Crippen molar-refractivity contribution < 1.29 is 21.1 Å². The van der Waals surface area contributed by atoms with E-state index in [-0.39, 0.29) is 26.6 Å². The number of rotatable bonds is 7. The minimum Gasteiger partial charge on any atom is -0.319 e. The van der Waals surface area contributed by atoms with Gasteiger partial charge in [-0.15, -0.1) is 22.6 Å². The zero-order chi connectivity index (χ0) is 40.3. The topological polar surface area (TPSA) is 27.7 Å². The minimum absolute atomic E-state index is 0. The minimum atomic E-state index is -0.787. The molecule has 5 heteroatoms. The molecule has 0 N–H and O–H groups in total. The van der Waals surface area contributed by atoms with Gasteiger partial charge in [-0.1, -0.05) is 109 Å². The van der Waals surface area contributed by atoms with Crippen molar-refractivity contribution in [2.45, 2.75) is 45.6 Å². The Morgan fingerprint density at radius 2 is 1.15 bits per heavy atom. The van der Waals surface area contributed by atoms with E-state index >= 15 is 0 Å². The zero-order valence-corrected chi connectivity index (χ0v) is 36.7. The van der Waals surface area contributed by atoms with Crippen molar-refractivity contribution >= 4 is 32.8 Å². The fourth-order valence-electron chi connectivity index (χ4n) is 9.28. The number of nitrogens with zero attached hydrogens (tertiary/aromatic N) is 4. The number of hydrogen-bond acceptors (Lipinski definition) is 1. The van der Waals surface area contributed by atoms with Crippen LogP contribution in [0.2, 0.25) is 0 Å². The first-order valence-electron chi connectivity index (χ1n) is 20.4. The summed E-state index contributed by atoms with van der Waals surface area (Å²) in [5.41, 5.74) is 13.6. The molecule has 0 aliphatic rings. The van der Waals surface area contributed by atoms with Gasteiger partial charge in [0.2, 0.25) is 0 Å². The van der Waals surface area contributed by atoms with Crippen molar-refractivity contribution in [3.05, 3.63) is 228 Å². The molecule has 0 unspecified atom stereocenters. The van der Waals surface area contributed by atoms with Crippen LogP contribution in [-0.2, 0) is 32.0 Å². The number of para-hydroxylation sites is 3. The van der Waals surface area contributed by atoms with Gasteiger partial charge in [-0.25, -0.2) is 14.1 Å². The Hall–Kier alpha value is -6.35. The Bertz CT molecular complexity index is 3110. The Balaban J connectivity index is 0.00000462. The molecular formula is C55H45N4Pt-. The smallest absolute Gasteiger partial charge is 0.188 e. The normalized spacial score (nSPS) is 11.9. The second-order valence-electron chi connectivity index (χ2n) is 16.6. The maximum Gasteiger partial charge on any atom is 0.188 e. The SMILES string of the molecule is Cc1cccc(C)c1-c1ccnc(-n2c3[c-]c(C(c4[c-]c(-n5[cH+]n(C(C)(C)C)c6ccccc65)ccc4)(c4ccccc4)c4ccccc4)ccc3c3ccccc32)c1.[Pt]. The molecule has 296 valence electrons. The van der Waals surface area contributed by atoms with E-state index in [2.05, 4.69) is 237 Å². The van der Waals surface area contributed by atoms with Crippen molar-refractivity contribution in [1.82, 2.24) is 18.7 Å². The van der Waals surface area contributed by atoms with Crippen molar-refractivity contribution in [1.29, 1.82) is 0 Å². The van der Waals surface area contributed by atoms with Crippen LogP contribution in [0, 0.1) is 26.0 Å². The maximum absolute atomic E-state index is 5.05. The van der Waals surface area contributed by atoms with Gasteiger partial charge in [0.25, 0.3) is 0 Å². The molecule has 10 rings (SSSR count). The van der Waals surface area contributed by atoms with Gasteiger partial charge in [0.05, 0.1) is 5.54 Å². The largest absolute Gasteiger partial charge is 0.319 e. The molecule has 0 spiro atoms. The second-order valence-corrected chi connectivity index (χ2v) is 16.6. The van der Waals surface area contributed by atoms with Crippen molar-refractivity contribution in [3.8, 4) is 22.6 Å². The third kappa shape index (κ3) is 6.33. The van der Waals surface area contributed by atoms with Crippen LogP contribution < -0.4 is 0 Å². The first-order valence-corrected chi connectivity index (χ1v) is 20.4. The Morgan fingerprint density at radius 3 is 1.83 bits per heavy atom. The first kappa shape index (κ1) is 39.1. The molecule has 10 aromatic rings. The molecule has 0 saturated carbocycles. The van der Waals surface area contributed by atoms with E-state index in [1.165, 1.54) is 22.2 Å². The summed E-state index contributed by atoms with van der Waals surface area (Å²) in [5, 5.41) is 2.29. The molecule has 0 aliphatic heterocycles. The molecule has 4 nitrogen and oxygen atoms in total. The van der Waals surface area contributed by atoms with Crippen LogP contribution in [0.5, 0.6) is 0 Å². The standard InChI is InChI=1S/C55H45N4.Pt/c1-38-18-16-19-39(2)53(38)40-32-33-56-52(34-40)59-48-27-13-12-26-46(48)47-31-30-44(36-51(47)59)55(41-20-8-6-9-21-41,42-22-10-7-11-23-42)43-24-17-25-45(35-43)57-37-58(54(3,4)5)50-29-15-14-28-49(50)57;/h6-34,37H,1-5H3;/q-1;. The Kier molecular flexibility index (Phi) is 10.0. The van der Waals surface area contributed by atoms with E-state index in [1.54, 1.807) is 0 Å². The molecule has 3 heterocycles. The van der Waals surface area contributed by atoms with Crippen molar-refractivity contribution in [2.75, 3.05) is 0 Å². The van der Waals surface area contributed by atoms with Crippen LogP contribution in [0.1, 0.15) is 54.2 Å². The summed E-state index contributed by atoms with van der Waals surface area (Å²) < 4.78 is 6.93. The van der Waals surface area contributed by atoms with Crippen LogP contribution in [0.3, 0.4) is 0 Å². The summed E-state index contributed by atoms with van der Waals surface area (Å²) in [6, 6.07) is 69.1. The first-order chi connectivity index (χ1) is 28.7. The zero-order valence-electron chi connectivity index (χ0n) is 34.4. The van der Waals surface area contributed by atoms with E-state index in [0.717, 1.165) is 66.6 Å². The monoisotopic (exact) mass is 956 g/mol. The summed E-state index contributed by atoms with van der Waals surface area (Å²) in [6.45, 7) is 11.1. The fraction of sp³-hybridized carbons (Fsp3) is 0.127. The molecule has 0 atom stereocenters. The van der Waals surface area contributed by atoms with E-state index in [9.17, 15) is 0 Å². The van der Waals surface area contributed by atoms with Crippen LogP contribution in [0.4, 0.5) is 0 Å². The molecule has 0 aliphatic carbocycles. The van der Waals surface area contributed by atoms with Crippen LogP contribution in [-0.4, -0.2) is 18.7 Å². The van der Waals surface area contributed by atoms with Gasteiger partial charge in [0.1, 0.15) is 5.82 Å². The predicted octanol–water partition coefficient (Wildman–Crippen LogP) is 13.2. The number of aromatic nitrogens is 4. The van der Waals surface area contributed by atoms with Gasteiger partial charge in [0, 0.05) is 56.0 Å². The van der Waals surface area contributed by atoms with Gasteiger partial charge in [-0.05, 0) is 104 Å². The van der Waals surface area contributed by atoms with Crippen LogP contribution in [0.15, 0.2) is 182 Å². The molecule has 3 aromatic heterocycles. The van der Waals surface area contributed by atoms with Gasteiger partial charge >= 0.3 is 0 Å². The van der Waals surface area contributed by atoms with E-state index < -0.39 is 5.41 Å². The third-order valence-electron chi connectivity index (χ3n) is 11.9. The average Bonchev–Trinajstić information content (AvgIpc) is 3.82. The molecule has 0 saturated heterocycles. The third-order valence-corrected chi connectivity index (χ3v) is 11.9. The molecule has 0 fully saturated rings. The number of aryl methyl sites for hydroxylation is 2. The summed E-state index contributed by atoms with van der Waals surface area (Å²) in [4.78, 5) is 5.05. The molecule has 7 aromatic carbocycles. The average molecular weight is 957 g/mol. The summed E-state index contributed by atoms with van der Waals surface area (Å²) in [7, 11) is 0. The number of imidazole rings is 1. The van der Waals surface area contributed by atoms with Crippen LogP contribution >= 0.6 is 0 Å². The van der Waals surface area contributed by atoms with Gasteiger partial charge in [0.15, 0.2) is 17.4 Å². The fourth-order valence-corrected chi connectivity index (χ4v) is 9.28. The summed E-state index contributed by atoms with van der Waals surface area (Å²) in [5.74, 6) is 0.856. The molecule has 60 heavy (non-hydrogen) atoms. The summed E-state index contributed by atoms with van der Waals surface area (Å²) in [6.07, 6.45) is 4.16. The number of fused-ring (bicyclic) bond motifs is 4. The quantitative estimate of drug-likeness (QED) is 0.116. The van der Waals surface area contributed by atoms with Crippen molar-refractivity contribution in [2.24, 2.45) is 0 Å². The maximum atomic E-state index is 5.05. The molecule has 0 radical (unpaired) electrons. The second kappa shape index (κ2) is 15.4. The van der Waals surface area contributed by atoms with E-state index in [0.29, 0.717) is 0 Å². The number of pyridine rings is 1. The van der Waals surface area contributed by atoms with E-state index in [1.807, 2.05) is 6.20 Å². The van der Waals surface area contributed by atoms with Gasteiger partial charge in [-0.3, -0.25) is 0 Å². The predicted molar refractivity (Wildman–Crippen MR) is 244 cm³/mol. The molecule has 0 bridgehead atoms. The Morgan fingerprint density at radius 1 is 0.550 bits per heavy atom.